The number of hydrogen-bond donors (Lipinski definition) is 0. The minimum absolute atomic E-state index is 0.115. The number of rotatable bonds is 4. The van der Waals surface area contributed by atoms with Crippen LogP contribution >= 0.6 is 10.7 Å². The molecule has 0 saturated heterocycles. The van der Waals surface area contributed by atoms with Gasteiger partial charge in [-0.2, -0.15) is 0 Å². The molecule has 0 aromatic heterocycles. The number of nitrogens with zero attached hydrogens (tertiary/aromatic N) is 1. The largest absolute Gasteiger partial charge is 0.336 e. The van der Waals surface area contributed by atoms with Crippen molar-refractivity contribution in [3.8, 4) is 0 Å². The number of carbonyl (C=O) groups is 1. The number of benzene rings is 1. The van der Waals surface area contributed by atoms with Crippen molar-refractivity contribution in [3.63, 3.8) is 0 Å². The summed E-state index contributed by atoms with van der Waals surface area (Å²) in [5.74, 6) is -0.264. The van der Waals surface area contributed by atoms with Crippen LogP contribution in [0.1, 0.15) is 30.1 Å². The van der Waals surface area contributed by atoms with Gasteiger partial charge < -0.3 is 4.90 Å². The van der Waals surface area contributed by atoms with Gasteiger partial charge in [0.1, 0.15) is 0 Å². The Labute approximate surface area is 111 Å². The van der Waals surface area contributed by atoms with Crippen molar-refractivity contribution in [2.45, 2.75) is 30.7 Å². The molecule has 1 aliphatic rings. The lowest BCUT2D eigenvalue weighted by molar-refractivity contribution is 0.0748. The minimum Gasteiger partial charge on any atom is -0.336 e. The quantitative estimate of drug-likeness (QED) is 0.798. The molecule has 1 aliphatic carbocycles. The van der Waals surface area contributed by atoms with Crippen molar-refractivity contribution in [3.05, 3.63) is 29.8 Å². The fourth-order valence-electron chi connectivity index (χ4n) is 1.96. The van der Waals surface area contributed by atoms with E-state index < -0.39 is 9.05 Å². The van der Waals surface area contributed by atoms with E-state index in [2.05, 4.69) is 0 Å². The molecule has 0 N–H and O–H groups in total. The Kier molecular flexibility index (Phi) is 3.64. The zero-order chi connectivity index (χ0) is 13.3. The molecule has 0 heterocycles. The van der Waals surface area contributed by atoms with E-state index in [1.807, 2.05) is 6.92 Å². The Bertz CT molecular complexity index is 566. The highest BCUT2D eigenvalue weighted by Crippen LogP contribution is 2.29. The van der Waals surface area contributed by atoms with Crippen LogP contribution in [0.3, 0.4) is 0 Å². The molecule has 0 aliphatic heterocycles. The maximum Gasteiger partial charge on any atom is 0.262 e. The van der Waals surface area contributed by atoms with Crippen molar-refractivity contribution in [2.75, 3.05) is 6.54 Å². The first-order chi connectivity index (χ1) is 8.45. The van der Waals surface area contributed by atoms with Gasteiger partial charge >= 0.3 is 0 Å². The maximum absolute atomic E-state index is 12.3. The minimum atomic E-state index is -3.90. The van der Waals surface area contributed by atoms with E-state index in [0.717, 1.165) is 12.8 Å². The Hall–Kier alpha value is -1.07. The second-order valence-corrected chi connectivity index (χ2v) is 6.79. The van der Waals surface area contributed by atoms with E-state index in [1.54, 1.807) is 17.0 Å². The number of halogens is 1. The maximum atomic E-state index is 12.3. The fraction of sp³-hybridized carbons (Fsp3) is 0.417. The van der Waals surface area contributed by atoms with Crippen molar-refractivity contribution < 1.29 is 13.2 Å². The first-order valence-corrected chi connectivity index (χ1v) is 8.10. The van der Waals surface area contributed by atoms with Gasteiger partial charge in [-0.15, -0.1) is 0 Å². The summed E-state index contributed by atoms with van der Waals surface area (Å²) in [5, 5.41) is 0. The van der Waals surface area contributed by atoms with Gasteiger partial charge in [-0.05, 0) is 31.9 Å². The Balaban J connectivity index is 2.41. The fourth-order valence-corrected chi connectivity index (χ4v) is 3.03. The second-order valence-electron chi connectivity index (χ2n) is 4.26. The second kappa shape index (κ2) is 4.90. The molecule has 1 fully saturated rings. The molecule has 0 unspecified atom stereocenters. The molecule has 0 spiro atoms. The summed E-state index contributed by atoms with van der Waals surface area (Å²) in [5.41, 5.74) is 0.154. The normalized spacial score (nSPS) is 15.4. The van der Waals surface area contributed by atoms with E-state index in [9.17, 15) is 13.2 Å². The van der Waals surface area contributed by atoms with E-state index in [4.69, 9.17) is 10.7 Å². The highest BCUT2D eigenvalue weighted by atomic mass is 35.7. The molecule has 0 atom stereocenters. The molecule has 6 heteroatoms. The van der Waals surface area contributed by atoms with Crippen LogP contribution < -0.4 is 0 Å². The van der Waals surface area contributed by atoms with Gasteiger partial charge in [-0.3, -0.25) is 4.79 Å². The van der Waals surface area contributed by atoms with Gasteiger partial charge in [0.25, 0.3) is 15.0 Å². The monoisotopic (exact) mass is 287 g/mol. The molecule has 1 amide bonds. The third-order valence-corrected chi connectivity index (χ3v) is 4.35. The first kappa shape index (κ1) is 13.4. The Morgan fingerprint density at radius 2 is 2.00 bits per heavy atom. The van der Waals surface area contributed by atoms with Crippen LogP contribution in [0.5, 0.6) is 0 Å². The average Bonchev–Trinajstić information content (AvgIpc) is 3.13. The van der Waals surface area contributed by atoms with Crippen molar-refractivity contribution in [2.24, 2.45) is 0 Å². The highest BCUT2D eigenvalue weighted by molar-refractivity contribution is 8.13. The summed E-state index contributed by atoms with van der Waals surface area (Å²) in [6.45, 7) is 2.45. The van der Waals surface area contributed by atoms with Crippen LogP contribution in [-0.4, -0.2) is 31.8 Å². The predicted octanol–water partition coefficient (Wildman–Crippen LogP) is 2.24. The topological polar surface area (TPSA) is 54.5 Å². The van der Waals surface area contributed by atoms with Crippen LogP contribution in [0.2, 0.25) is 0 Å². The molecule has 1 aromatic rings. The van der Waals surface area contributed by atoms with Gasteiger partial charge in [0.2, 0.25) is 0 Å². The molecule has 18 heavy (non-hydrogen) atoms. The van der Waals surface area contributed by atoms with Gasteiger partial charge in [-0.25, -0.2) is 8.42 Å². The predicted molar refractivity (Wildman–Crippen MR) is 69.2 cm³/mol. The number of hydrogen-bond acceptors (Lipinski definition) is 3. The highest BCUT2D eigenvalue weighted by Gasteiger charge is 2.33. The van der Waals surface area contributed by atoms with Crippen molar-refractivity contribution in [1.82, 2.24) is 4.90 Å². The molecule has 0 radical (unpaired) electrons. The van der Waals surface area contributed by atoms with E-state index in [1.165, 1.54) is 12.1 Å². The lowest BCUT2D eigenvalue weighted by Gasteiger charge is -2.21. The van der Waals surface area contributed by atoms with Gasteiger partial charge in [0.15, 0.2) is 0 Å². The third-order valence-electron chi connectivity index (χ3n) is 2.97. The van der Waals surface area contributed by atoms with Crippen LogP contribution in [-0.2, 0) is 9.05 Å². The molecule has 2 rings (SSSR count). The molecule has 98 valence electrons. The summed E-state index contributed by atoms with van der Waals surface area (Å²) >= 11 is 0. The van der Waals surface area contributed by atoms with E-state index >= 15 is 0 Å². The number of carbonyl (C=O) groups excluding carboxylic acids is 1. The Morgan fingerprint density at radius 1 is 1.39 bits per heavy atom. The Morgan fingerprint density at radius 3 is 2.50 bits per heavy atom. The van der Waals surface area contributed by atoms with Gasteiger partial charge in [-0.1, -0.05) is 12.1 Å². The summed E-state index contributed by atoms with van der Waals surface area (Å²) < 4.78 is 22.9. The van der Waals surface area contributed by atoms with Gasteiger partial charge in [0, 0.05) is 23.3 Å². The average molecular weight is 288 g/mol. The van der Waals surface area contributed by atoms with Crippen LogP contribution in [0.4, 0.5) is 0 Å². The lowest BCUT2D eigenvalue weighted by atomic mass is 10.2. The molecule has 1 saturated carbocycles. The van der Waals surface area contributed by atoms with Crippen molar-refractivity contribution >= 4 is 25.6 Å². The van der Waals surface area contributed by atoms with Crippen LogP contribution in [0, 0.1) is 0 Å². The van der Waals surface area contributed by atoms with E-state index in [0.29, 0.717) is 6.54 Å². The molecule has 4 nitrogen and oxygen atoms in total. The SMILES string of the molecule is CCN(C(=O)c1ccccc1S(=O)(=O)Cl)C1CC1. The summed E-state index contributed by atoms with van der Waals surface area (Å²) in [7, 11) is 1.45. The summed E-state index contributed by atoms with van der Waals surface area (Å²) in [6.07, 6.45) is 1.96. The smallest absolute Gasteiger partial charge is 0.262 e. The van der Waals surface area contributed by atoms with Gasteiger partial charge in [0.05, 0.1) is 10.5 Å². The molecule has 0 bridgehead atoms. The van der Waals surface area contributed by atoms with Crippen LogP contribution in [0.15, 0.2) is 29.2 Å². The zero-order valence-electron chi connectivity index (χ0n) is 9.97. The van der Waals surface area contributed by atoms with Crippen LogP contribution in [0.25, 0.3) is 0 Å². The standard InChI is InChI=1S/C12H14ClNO3S/c1-2-14(9-7-8-9)12(15)10-5-3-4-6-11(10)18(13,16)17/h3-6,9H,2,7-8H2,1H3. The van der Waals surface area contributed by atoms with E-state index in [-0.39, 0.29) is 22.4 Å². The third kappa shape index (κ3) is 2.67. The number of amides is 1. The summed E-state index contributed by atoms with van der Waals surface area (Å²) in [4.78, 5) is 13.9. The zero-order valence-corrected chi connectivity index (χ0v) is 11.5. The first-order valence-electron chi connectivity index (χ1n) is 5.79. The molecular weight excluding hydrogens is 274 g/mol. The summed E-state index contributed by atoms with van der Waals surface area (Å²) in [6, 6.07) is 6.30. The molecular formula is C12H14ClNO3S. The lowest BCUT2D eigenvalue weighted by Crippen LogP contribution is -2.33. The molecule has 1 aromatic carbocycles. The van der Waals surface area contributed by atoms with Crippen molar-refractivity contribution in [1.29, 1.82) is 0 Å².